The molecule has 0 aliphatic heterocycles. The van der Waals surface area contributed by atoms with Gasteiger partial charge in [0.1, 0.15) is 5.82 Å². The van der Waals surface area contributed by atoms with Crippen molar-refractivity contribution in [3.05, 3.63) is 22.8 Å². The predicted molar refractivity (Wildman–Crippen MR) is 71.4 cm³/mol. The van der Waals surface area contributed by atoms with E-state index in [0.717, 1.165) is 11.6 Å². The minimum Gasteiger partial charge on any atom is -0.390 e. The maximum Gasteiger partial charge on any atom is 0.129 e. The Balaban J connectivity index is 2.87. The molecule has 0 radical (unpaired) electrons. The molecule has 1 heterocycles. The van der Waals surface area contributed by atoms with E-state index in [0.29, 0.717) is 16.8 Å². The van der Waals surface area contributed by atoms with Gasteiger partial charge in [0.25, 0.3) is 0 Å². The zero-order valence-electron chi connectivity index (χ0n) is 9.77. The van der Waals surface area contributed by atoms with Crippen molar-refractivity contribution in [1.82, 2.24) is 4.98 Å². The second-order valence-electron chi connectivity index (χ2n) is 3.67. The molecule has 1 N–H and O–H groups in total. The van der Waals surface area contributed by atoms with Gasteiger partial charge >= 0.3 is 0 Å². The van der Waals surface area contributed by atoms with Crippen LogP contribution in [-0.2, 0) is 6.61 Å². The highest BCUT2D eigenvalue weighted by molar-refractivity contribution is 7.98. The fourth-order valence-corrected chi connectivity index (χ4v) is 2.23. The highest BCUT2D eigenvalue weighted by atomic mass is 35.5. The molecule has 5 heteroatoms. The summed E-state index contributed by atoms with van der Waals surface area (Å²) in [5.74, 6) is 1.88. The van der Waals surface area contributed by atoms with Crippen molar-refractivity contribution < 1.29 is 5.11 Å². The van der Waals surface area contributed by atoms with Crippen LogP contribution in [0.2, 0.25) is 5.02 Å². The van der Waals surface area contributed by atoms with Crippen molar-refractivity contribution in [3.63, 3.8) is 0 Å². The predicted octanol–water partition coefficient (Wildman–Crippen LogP) is 2.42. The fourth-order valence-electron chi connectivity index (χ4n) is 1.36. The quantitative estimate of drug-likeness (QED) is 0.882. The number of hydrogen-bond donors (Lipinski definition) is 1. The molecule has 0 fully saturated rings. The normalized spacial score (nSPS) is 12.6. The number of aliphatic hydroxyl groups is 1. The summed E-state index contributed by atoms with van der Waals surface area (Å²) in [5, 5.41) is 9.61. The molecule has 0 amide bonds. The van der Waals surface area contributed by atoms with Crippen molar-refractivity contribution >= 4 is 29.2 Å². The maximum atomic E-state index is 9.10. The molecule has 0 saturated carbocycles. The average Bonchev–Trinajstić information content (AvgIpc) is 2.29. The lowest BCUT2D eigenvalue weighted by Crippen LogP contribution is -2.31. The highest BCUT2D eigenvalue weighted by Crippen LogP contribution is 2.20. The standard InChI is InChI=1S/C11H17ClN2OS/c1-8(7-16-3)14(2)11-5-4-9(12)10(6-15)13-11/h4-5,8,15H,6-7H2,1-3H3. The first-order chi connectivity index (χ1) is 7.60. The van der Waals surface area contributed by atoms with Crippen molar-refractivity contribution in [2.75, 3.05) is 24.0 Å². The van der Waals surface area contributed by atoms with Gasteiger partial charge in [0.2, 0.25) is 0 Å². The fraction of sp³-hybridized carbons (Fsp3) is 0.545. The summed E-state index contributed by atoms with van der Waals surface area (Å²) in [7, 11) is 2.00. The van der Waals surface area contributed by atoms with Crippen LogP contribution >= 0.6 is 23.4 Å². The third kappa shape index (κ3) is 3.27. The van der Waals surface area contributed by atoms with E-state index in [1.807, 2.05) is 13.1 Å². The zero-order chi connectivity index (χ0) is 12.1. The monoisotopic (exact) mass is 260 g/mol. The number of anilines is 1. The molecular formula is C11H17ClN2OS. The Morgan fingerprint density at radius 2 is 2.25 bits per heavy atom. The molecule has 16 heavy (non-hydrogen) atoms. The van der Waals surface area contributed by atoms with Gasteiger partial charge in [0, 0.05) is 18.8 Å². The summed E-state index contributed by atoms with van der Waals surface area (Å²) in [4.78, 5) is 6.42. The topological polar surface area (TPSA) is 36.4 Å². The Hall–Kier alpha value is -0.450. The molecule has 0 spiro atoms. The van der Waals surface area contributed by atoms with Crippen LogP contribution in [0.4, 0.5) is 5.82 Å². The van der Waals surface area contributed by atoms with Gasteiger partial charge in [0.15, 0.2) is 0 Å². The first-order valence-electron chi connectivity index (χ1n) is 5.08. The van der Waals surface area contributed by atoms with Crippen LogP contribution in [-0.4, -0.2) is 35.2 Å². The van der Waals surface area contributed by atoms with Gasteiger partial charge < -0.3 is 10.0 Å². The number of aromatic nitrogens is 1. The molecule has 0 saturated heterocycles. The van der Waals surface area contributed by atoms with E-state index in [4.69, 9.17) is 16.7 Å². The van der Waals surface area contributed by atoms with E-state index in [1.165, 1.54) is 0 Å². The summed E-state index contributed by atoms with van der Waals surface area (Å²) in [6.07, 6.45) is 2.08. The average molecular weight is 261 g/mol. The van der Waals surface area contributed by atoms with Crippen molar-refractivity contribution in [2.45, 2.75) is 19.6 Å². The van der Waals surface area contributed by atoms with E-state index in [-0.39, 0.29) is 6.61 Å². The van der Waals surface area contributed by atoms with E-state index in [9.17, 15) is 0 Å². The molecule has 90 valence electrons. The number of aliphatic hydroxyl groups excluding tert-OH is 1. The van der Waals surface area contributed by atoms with Gasteiger partial charge in [-0.25, -0.2) is 4.98 Å². The molecule has 1 atom stereocenters. The van der Waals surface area contributed by atoms with Crippen LogP contribution < -0.4 is 4.90 Å². The third-order valence-electron chi connectivity index (χ3n) is 2.48. The number of rotatable bonds is 5. The van der Waals surface area contributed by atoms with E-state index >= 15 is 0 Å². The second-order valence-corrected chi connectivity index (χ2v) is 4.99. The van der Waals surface area contributed by atoms with Gasteiger partial charge in [-0.05, 0) is 25.3 Å². The Labute approximate surface area is 106 Å². The first kappa shape index (κ1) is 13.6. The first-order valence-corrected chi connectivity index (χ1v) is 6.85. The largest absolute Gasteiger partial charge is 0.390 e. The Morgan fingerprint density at radius 1 is 1.56 bits per heavy atom. The van der Waals surface area contributed by atoms with Gasteiger partial charge in [-0.2, -0.15) is 11.8 Å². The second kappa shape index (κ2) is 6.33. The number of pyridine rings is 1. The minimum absolute atomic E-state index is 0.128. The summed E-state index contributed by atoms with van der Waals surface area (Å²) < 4.78 is 0. The lowest BCUT2D eigenvalue weighted by molar-refractivity contribution is 0.277. The van der Waals surface area contributed by atoms with Gasteiger partial charge in [-0.1, -0.05) is 11.6 Å². The number of nitrogens with zero attached hydrogens (tertiary/aromatic N) is 2. The molecule has 1 aromatic heterocycles. The minimum atomic E-state index is -0.128. The van der Waals surface area contributed by atoms with E-state index in [1.54, 1.807) is 17.8 Å². The van der Waals surface area contributed by atoms with Crippen LogP contribution in [0, 0.1) is 0 Å². The molecule has 1 aromatic rings. The van der Waals surface area contributed by atoms with Crippen molar-refractivity contribution in [1.29, 1.82) is 0 Å². The van der Waals surface area contributed by atoms with Crippen LogP contribution in [0.25, 0.3) is 0 Å². The van der Waals surface area contributed by atoms with E-state index < -0.39 is 0 Å². The van der Waals surface area contributed by atoms with Gasteiger partial charge in [-0.15, -0.1) is 0 Å². The Bertz CT molecular complexity index is 349. The number of thioether (sulfide) groups is 1. The third-order valence-corrected chi connectivity index (χ3v) is 3.64. The van der Waals surface area contributed by atoms with E-state index in [2.05, 4.69) is 23.1 Å². The molecular weight excluding hydrogens is 244 g/mol. The van der Waals surface area contributed by atoms with Gasteiger partial charge in [-0.3, -0.25) is 0 Å². The van der Waals surface area contributed by atoms with Crippen LogP contribution in [0.15, 0.2) is 12.1 Å². The summed E-state index contributed by atoms with van der Waals surface area (Å²) >= 11 is 7.70. The SMILES string of the molecule is CSCC(C)N(C)c1ccc(Cl)c(CO)n1. The maximum absolute atomic E-state index is 9.10. The van der Waals surface area contributed by atoms with Crippen LogP contribution in [0.3, 0.4) is 0 Å². The summed E-state index contributed by atoms with van der Waals surface area (Å²) in [6, 6.07) is 4.05. The molecule has 0 aliphatic rings. The van der Waals surface area contributed by atoms with Gasteiger partial charge in [0.05, 0.1) is 17.3 Å². The lowest BCUT2D eigenvalue weighted by atomic mass is 10.3. The van der Waals surface area contributed by atoms with Crippen molar-refractivity contribution in [2.24, 2.45) is 0 Å². The molecule has 0 bridgehead atoms. The van der Waals surface area contributed by atoms with Crippen LogP contribution in [0.1, 0.15) is 12.6 Å². The van der Waals surface area contributed by atoms with Crippen LogP contribution in [0.5, 0.6) is 0 Å². The molecule has 3 nitrogen and oxygen atoms in total. The lowest BCUT2D eigenvalue weighted by Gasteiger charge is -2.25. The summed E-state index contributed by atoms with van der Waals surface area (Å²) in [5.41, 5.74) is 0.530. The van der Waals surface area contributed by atoms with Crippen molar-refractivity contribution in [3.8, 4) is 0 Å². The zero-order valence-corrected chi connectivity index (χ0v) is 11.3. The number of halogens is 1. The molecule has 0 aromatic carbocycles. The molecule has 1 unspecified atom stereocenters. The Morgan fingerprint density at radius 3 is 2.81 bits per heavy atom. The molecule has 1 rings (SSSR count). The Kier molecular flexibility index (Phi) is 5.38. The molecule has 0 aliphatic carbocycles. The highest BCUT2D eigenvalue weighted by Gasteiger charge is 2.12. The summed E-state index contributed by atoms with van der Waals surface area (Å²) in [6.45, 7) is 2.02. The smallest absolute Gasteiger partial charge is 0.129 e. The number of hydrogen-bond acceptors (Lipinski definition) is 4.